The van der Waals surface area contributed by atoms with Gasteiger partial charge in [0, 0.05) is 0 Å². The van der Waals surface area contributed by atoms with Crippen LogP contribution in [0.3, 0.4) is 0 Å². The van der Waals surface area contributed by atoms with E-state index >= 15 is 0 Å². The molecule has 0 saturated heterocycles. The third-order valence-electron chi connectivity index (χ3n) is 2.89. The first-order valence-electron chi connectivity index (χ1n) is 6.06. The monoisotopic (exact) mass is 273 g/mol. The summed E-state index contributed by atoms with van der Waals surface area (Å²) in [4.78, 5) is 1.36. The van der Waals surface area contributed by atoms with Crippen molar-refractivity contribution in [2.45, 2.75) is 6.61 Å². The SMILES string of the molecule is Oc1ccc(COCF)cc1-n1nc2ccccc2n1. The molecule has 0 saturated carbocycles. The van der Waals surface area contributed by atoms with Crippen LogP contribution in [0.1, 0.15) is 5.56 Å². The summed E-state index contributed by atoms with van der Waals surface area (Å²) in [7, 11) is 0. The van der Waals surface area contributed by atoms with Crippen LogP contribution in [0.2, 0.25) is 0 Å². The van der Waals surface area contributed by atoms with E-state index in [1.54, 1.807) is 12.1 Å². The maximum absolute atomic E-state index is 12.0. The Hall–Kier alpha value is -2.47. The largest absolute Gasteiger partial charge is 0.506 e. The van der Waals surface area contributed by atoms with Crippen molar-refractivity contribution in [2.24, 2.45) is 0 Å². The summed E-state index contributed by atoms with van der Waals surface area (Å²) in [6, 6.07) is 12.3. The molecule has 20 heavy (non-hydrogen) atoms. The molecule has 0 bridgehead atoms. The van der Waals surface area contributed by atoms with Gasteiger partial charge < -0.3 is 9.84 Å². The van der Waals surface area contributed by atoms with E-state index in [9.17, 15) is 9.50 Å². The molecule has 0 spiro atoms. The van der Waals surface area contributed by atoms with Crippen molar-refractivity contribution in [3.05, 3.63) is 48.0 Å². The van der Waals surface area contributed by atoms with Gasteiger partial charge in [0.05, 0.1) is 6.61 Å². The Morgan fingerprint density at radius 3 is 2.45 bits per heavy atom. The Kier molecular flexibility index (Phi) is 3.30. The van der Waals surface area contributed by atoms with E-state index in [-0.39, 0.29) is 12.4 Å². The zero-order valence-electron chi connectivity index (χ0n) is 10.5. The summed E-state index contributed by atoms with van der Waals surface area (Å²) in [5, 5.41) is 18.5. The van der Waals surface area contributed by atoms with Crippen LogP contribution in [0.15, 0.2) is 42.5 Å². The van der Waals surface area contributed by atoms with Gasteiger partial charge in [-0.1, -0.05) is 18.2 Å². The smallest absolute Gasteiger partial charge is 0.188 e. The Morgan fingerprint density at radius 1 is 1.10 bits per heavy atom. The van der Waals surface area contributed by atoms with Crippen LogP contribution in [0.25, 0.3) is 16.7 Å². The third-order valence-corrected chi connectivity index (χ3v) is 2.89. The summed E-state index contributed by atoms with van der Waals surface area (Å²) >= 11 is 0. The molecular formula is C14H12FN3O2. The van der Waals surface area contributed by atoms with E-state index < -0.39 is 6.86 Å². The Labute approximate surface area is 114 Å². The minimum atomic E-state index is -0.847. The van der Waals surface area contributed by atoms with Crippen molar-refractivity contribution >= 4 is 11.0 Å². The van der Waals surface area contributed by atoms with E-state index in [1.807, 2.05) is 24.3 Å². The maximum Gasteiger partial charge on any atom is 0.188 e. The second kappa shape index (κ2) is 5.26. The predicted molar refractivity (Wildman–Crippen MR) is 71.3 cm³/mol. The van der Waals surface area contributed by atoms with E-state index in [4.69, 9.17) is 4.74 Å². The lowest BCUT2D eigenvalue weighted by atomic mass is 10.2. The first kappa shape index (κ1) is 12.6. The van der Waals surface area contributed by atoms with Gasteiger partial charge in [0.25, 0.3) is 0 Å². The maximum atomic E-state index is 12.0. The fourth-order valence-corrected chi connectivity index (χ4v) is 1.94. The second-order valence-electron chi connectivity index (χ2n) is 4.26. The average Bonchev–Trinajstić information content (AvgIpc) is 2.90. The zero-order chi connectivity index (χ0) is 13.9. The van der Waals surface area contributed by atoms with E-state index in [0.29, 0.717) is 5.69 Å². The van der Waals surface area contributed by atoms with Crippen LogP contribution in [0.5, 0.6) is 5.75 Å². The van der Waals surface area contributed by atoms with Crippen LogP contribution < -0.4 is 0 Å². The molecule has 1 N–H and O–H groups in total. The van der Waals surface area contributed by atoms with Gasteiger partial charge in [-0.05, 0) is 29.8 Å². The number of aromatic hydroxyl groups is 1. The van der Waals surface area contributed by atoms with Crippen molar-refractivity contribution in [2.75, 3.05) is 6.86 Å². The topological polar surface area (TPSA) is 60.2 Å². The highest BCUT2D eigenvalue weighted by Crippen LogP contribution is 2.23. The molecule has 5 nitrogen and oxygen atoms in total. The molecule has 0 aliphatic rings. The number of halogens is 1. The third kappa shape index (κ3) is 2.33. The number of hydrogen-bond donors (Lipinski definition) is 1. The van der Waals surface area contributed by atoms with Crippen molar-refractivity contribution in [3.8, 4) is 11.4 Å². The molecule has 1 heterocycles. The van der Waals surface area contributed by atoms with Crippen LogP contribution in [0.4, 0.5) is 4.39 Å². The van der Waals surface area contributed by atoms with E-state index in [2.05, 4.69) is 10.2 Å². The molecule has 0 radical (unpaired) electrons. The lowest BCUT2D eigenvalue weighted by molar-refractivity contribution is 0.0462. The summed E-state index contributed by atoms with van der Waals surface area (Å²) in [5.74, 6) is 0.0503. The van der Waals surface area contributed by atoms with Gasteiger partial charge >= 0.3 is 0 Å². The molecule has 3 rings (SSSR count). The number of phenolic OH excluding ortho intramolecular Hbond substituents is 1. The minimum absolute atomic E-state index is 0.0503. The average molecular weight is 273 g/mol. The van der Waals surface area contributed by atoms with Gasteiger partial charge in [0.15, 0.2) is 6.86 Å². The summed E-state index contributed by atoms with van der Waals surface area (Å²) in [6.45, 7) is -0.718. The van der Waals surface area contributed by atoms with Gasteiger partial charge in [-0.3, -0.25) is 0 Å². The highest BCUT2D eigenvalue weighted by atomic mass is 19.1. The van der Waals surface area contributed by atoms with Crippen LogP contribution in [-0.2, 0) is 11.3 Å². The molecule has 1 aromatic heterocycles. The molecule has 0 aliphatic heterocycles. The van der Waals surface area contributed by atoms with Crippen molar-refractivity contribution in [1.29, 1.82) is 0 Å². The molecule has 3 aromatic rings. The van der Waals surface area contributed by atoms with E-state index in [0.717, 1.165) is 16.6 Å². The normalized spacial score (nSPS) is 11.1. The van der Waals surface area contributed by atoms with Gasteiger partial charge in [0.1, 0.15) is 22.5 Å². The van der Waals surface area contributed by atoms with Gasteiger partial charge in [-0.2, -0.15) is 0 Å². The molecule has 0 unspecified atom stereocenters. The Bertz CT molecular complexity index is 709. The number of phenols is 1. The number of hydrogen-bond acceptors (Lipinski definition) is 4. The van der Waals surface area contributed by atoms with Crippen LogP contribution in [-0.4, -0.2) is 27.0 Å². The molecule has 0 amide bonds. The van der Waals surface area contributed by atoms with Crippen LogP contribution >= 0.6 is 0 Å². The molecule has 0 atom stereocenters. The van der Waals surface area contributed by atoms with Gasteiger partial charge in [-0.15, -0.1) is 15.0 Å². The lowest BCUT2D eigenvalue weighted by Gasteiger charge is -2.06. The number of ether oxygens (including phenoxy) is 1. The van der Waals surface area contributed by atoms with Crippen LogP contribution in [0, 0.1) is 0 Å². The lowest BCUT2D eigenvalue weighted by Crippen LogP contribution is -2.01. The fraction of sp³-hybridized carbons (Fsp3) is 0.143. The molecular weight excluding hydrogens is 261 g/mol. The summed E-state index contributed by atoms with van der Waals surface area (Å²) in [5.41, 5.74) is 2.63. The van der Waals surface area contributed by atoms with Gasteiger partial charge in [0.2, 0.25) is 0 Å². The minimum Gasteiger partial charge on any atom is -0.506 e. The van der Waals surface area contributed by atoms with E-state index in [1.165, 1.54) is 10.9 Å². The molecule has 0 fully saturated rings. The zero-order valence-corrected chi connectivity index (χ0v) is 10.5. The highest BCUT2D eigenvalue weighted by Gasteiger charge is 2.09. The van der Waals surface area contributed by atoms with Crippen molar-refractivity contribution in [1.82, 2.24) is 15.0 Å². The molecule has 102 valence electrons. The number of nitrogens with zero attached hydrogens (tertiary/aromatic N) is 3. The number of aromatic nitrogens is 3. The van der Waals surface area contributed by atoms with Crippen molar-refractivity contribution in [3.63, 3.8) is 0 Å². The summed E-state index contributed by atoms with van der Waals surface area (Å²) < 4.78 is 16.7. The summed E-state index contributed by atoms with van der Waals surface area (Å²) in [6.07, 6.45) is 0. The highest BCUT2D eigenvalue weighted by molar-refractivity contribution is 5.73. The second-order valence-corrected chi connectivity index (χ2v) is 4.26. The standard InChI is InChI=1S/C14H12FN3O2/c15-9-20-8-10-5-6-14(19)13(7-10)18-16-11-3-1-2-4-12(11)17-18/h1-7,19H,8-9H2. The predicted octanol–water partition coefficient (Wildman–Crippen LogP) is 2.57. The first-order chi connectivity index (χ1) is 9.78. The molecule has 2 aromatic carbocycles. The number of alkyl halides is 1. The van der Waals surface area contributed by atoms with Crippen molar-refractivity contribution < 1.29 is 14.2 Å². The first-order valence-corrected chi connectivity index (χ1v) is 6.06. The Balaban J connectivity index is 2.03. The number of fused-ring (bicyclic) bond motifs is 1. The molecule has 6 heteroatoms. The molecule has 0 aliphatic carbocycles. The number of rotatable bonds is 4. The van der Waals surface area contributed by atoms with Gasteiger partial charge in [-0.25, -0.2) is 4.39 Å². The quantitative estimate of drug-likeness (QED) is 0.793. The number of benzene rings is 2. The Morgan fingerprint density at radius 2 is 1.80 bits per heavy atom. The fourth-order valence-electron chi connectivity index (χ4n) is 1.94.